The van der Waals surface area contributed by atoms with Gasteiger partial charge in [-0.3, -0.25) is 0 Å². The molecule has 0 aliphatic carbocycles. The fourth-order valence-corrected chi connectivity index (χ4v) is 2.40. The van der Waals surface area contributed by atoms with E-state index in [1.807, 2.05) is 6.92 Å². The molecule has 0 saturated heterocycles. The first kappa shape index (κ1) is 15.4. The minimum atomic E-state index is -3.07. The van der Waals surface area contributed by atoms with Gasteiger partial charge in [-0.05, 0) is 13.3 Å². The van der Waals surface area contributed by atoms with E-state index in [1.54, 1.807) is 6.92 Å². The lowest BCUT2D eigenvalue weighted by atomic mass is 10.4. The Labute approximate surface area is 112 Å². The molecule has 0 amide bonds. The minimum Gasteiger partial charge on any atom is -0.463 e. The summed E-state index contributed by atoms with van der Waals surface area (Å²) in [6.07, 6.45) is 1.99. The summed E-state index contributed by atoms with van der Waals surface area (Å²) in [6.45, 7) is 4.15. The molecule has 0 spiro atoms. The van der Waals surface area contributed by atoms with E-state index >= 15 is 0 Å². The van der Waals surface area contributed by atoms with E-state index < -0.39 is 9.84 Å². The van der Waals surface area contributed by atoms with Crippen LogP contribution in [0.5, 0.6) is 6.01 Å². The van der Waals surface area contributed by atoms with Gasteiger partial charge in [-0.15, -0.1) is 0 Å². The van der Waals surface area contributed by atoms with Crippen molar-refractivity contribution in [3.63, 3.8) is 0 Å². The molecular weight excluding hydrogens is 270 g/mol. The Morgan fingerprint density at radius 1 is 1.37 bits per heavy atom. The summed E-state index contributed by atoms with van der Waals surface area (Å²) in [5.74, 6) is 0.203. The van der Waals surface area contributed by atoms with E-state index in [-0.39, 0.29) is 29.7 Å². The van der Waals surface area contributed by atoms with Gasteiger partial charge in [0.2, 0.25) is 11.9 Å². The third-order valence-corrected chi connectivity index (χ3v) is 3.10. The molecule has 9 heteroatoms. The fraction of sp³-hybridized carbons (Fsp3) is 0.700. The number of nitrogen functional groups attached to an aromatic ring is 1. The second-order valence-corrected chi connectivity index (χ2v) is 6.47. The monoisotopic (exact) mass is 289 g/mol. The Hall–Kier alpha value is -1.64. The largest absolute Gasteiger partial charge is 0.463 e. The van der Waals surface area contributed by atoms with Crippen LogP contribution in [0.25, 0.3) is 0 Å². The predicted octanol–water partition coefficient (Wildman–Crippen LogP) is 0.0876. The molecule has 0 aliphatic heterocycles. The molecule has 0 saturated carbocycles. The number of hydrogen-bond donors (Lipinski definition) is 2. The average molecular weight is 289 g/mol. The quantitative estimate of drug-likeness (QED) is 0.724. The summed E-state index contributed by atoms with van der Waals surface area (Å²) in [7, 11) is -3.07. The topological polar surface area (TPSA) is 120 Å². The van der Waals surface area contributed by atoms with Gasteiger partial charge in [0.05, 0.1) is 12.4 Å². The van der Waals surface area contributed by atoms with Gasteiger partial charge >= 0.3 is 6.01 Å². The van der Waals surface area contributed by atoms with Crippen molar-refractivity contribution in [3.8, 4) is 6.01 Å². The molecule has 0 aliphatic rings. The number of rotatable bonds is 7. The van der Waals surface area contributed by atoms with Gasteiger partial charge in [0.15, 0.2) is 0 Å². The molecule has 1 unspecified atom stereocenters. The van der Waals surface area contributed by atoms with E-state index in [0.29, 0.717) is 6.61 Å². The molecule has 1 heterocycles. The molecule has 0 radical (unpaired) electrons. The molecule has 1 rings (SSSR count). The predicted molar refractivity (Wildman–Crippen MR) is 72.8 cm³/mol. The lowest BCUT2D eigenvalue weighted by Crippen LogP contribution is -2.26. The molecule has 1 aromatic heterocycles. The zero-order valence-corrected chi connectivity index (χ0v) is 12.1. The van der Waals surface area contributed by atoms with Gasteiger partial charge in [0, 0.05) is 12.3 Å². The van der Waals surface area contributed by atoms with Crippen LogP contribution in [-0.4, -0.2) is 48.0 Å². The van der Waals surface area contributed by atoms with Crippen molar-refractivity contribution < 1.29 is 13.2 Å². The van der Waals surface area contributed by atoms with E-state index in [4.69, 9.17) is 10.5 Å². The maximum atomic E-state index is 11.2. The molecule has 0 bridgehead atoms. The second-order valence-electron chi connectivity index (χ2n) is 4.29. The molecule has 0 fully saturated rings. The number of nitrogens with one attached hydrogen (secondary N) is 1. The zero-order valence-electron chi connectivity index (χ0n) is 11.3. The van der Waals surface area contributed by atoms with Gasteiger partial charge in [-0.1, -0.05) is 6.92 Å². The lowest BCUT2D eigenvalue weighted by molar-refractivity contribution is 0.292. The van der Waals surface area contributed by atoms with Crippen LogP contribution in [0.4, 0.5) is 11.9 Å². The van der Waals surface area contributed by atoms with Crippen molar-refractivity contribution in [2.75, 3.05) is 29.7 Å². The van der Waals surface area contributed by atoms with Crippen molar-refractivity contribution in [2.24, 2.45) is 0 Å². The Morgan fingerprint density at radius 3 is 2.63 bits per heavy atom. The summed E-state index contributed by atoms with van der Waals surface area (Å²) in [4.78, 5) is 11.7. The van der Waals surface area contributed by atoms with Crippen molar-refractivity contribution in [1.82, 2.24) is 15.0 Å². The van der Waals surface area contributed by atoms with Crippen LogP contribution < -0.4 is 15.8 Å². The van der Waals surface area contributed by atoms with Crippen molar-refractivity contribution >= 4 is 21.7 Å². The van der Waals surface area contributed by atoms with Crippen LogP contribution in [0.2, 0.25) is 0 Å². The number of hydrogen-bond acceptors (Lipinski definition) is 8. The molecule has 19 heavy (non-hydrogen) atoms. The normalized spacial score (nSPS) is 13.0. The SMILES string of the molecule is CCCOc1nc(N)nc(NC(C)CS(C)(=O)=O)n1. The van der Waals surface area contributed by atoms with E-state index in [0.717, 1.165) is 6.42 Å². The summed E-state index contributed by atoms with van der Waals surface area (Å²) in [6, 6.07) is -0.209. The van der Waals surface area contributed by atoms with Crippen LogP contribution in [0.1, 0.15) is 20.3 Å². The Kier molecular flexibility index (Phi) is 5.28. The summed E-state index contributed by atoms with van der Waals surface area (Å²) in [5, 5.41) is 2.85. The third-order valence-electron chi connectivity index (χ3n) is 2.00. The van der Waals surface area contributed by atoms with Gasteiger partial charge in [0.25, 0.3) is 0 Å². The number of sulfone groups is 1. The number of anilines is 2. The Bertz CT molecular complexity index is 520. The number of ether oxygens (including phenoxy) is 1. The molecule has 3 N–H and O–H groups in total. The van der Waals surface area contributed by atoms with Crippen molar-refractivity contribution in [1.29, 1.82) is 0 Å². The van der Waals surface area contributed by atoms with Gasteiger partial charge in [-0.25, -0.2) is 8.42 Å². The highest BCUT2D eigenvalue weighted by atomic mass is 32.2. The molecule has 1 atom stereocenters. The van der Waals surface area contributed by atoms with Crippen LogP contribution in [0, 0.1) is 0 Å². The summed E-state index contributed by atoms with van der Waals surface area (Å²) < 4.78 is 27.6. The standard InChI is InChI=1S/C10H19N5O3S/c1-4-5-18-10-14-8(11)13-9(15-10)12-7(2)6-19(3,16)17/h7H,4-6H2,1-3H3,(H3,11,12,13,14,15). The molecule has 1 aromatic rings. The van der Waals surface area contributed by atoms with Crippen LogP contribution >= 0.6 is 0 Å². The highest BCUT2D eigenvalue weighted by molar-refractivity contribution is 7.90. The number of aromatic nitrogens is 3. The number of nitrogens with two attached hydrogens (primary N) is 1. The maximum absolute atomic E-state index is 11.2. The Morgan fingerprint density at radius 2 is 2.05 bits per heavy atom. The van der Waals surface area contributed by atoms with Crippen molar-refractivity contribution in [3.05, 3.63) is 0 Å². The van der Waals surface area contributed by atoms with Gasteiger partial charge in [0.1, 0.15) is 9.84 Å². The summed E-state index contributed by atoms with van der Waals surface area (Å²) >= 11 is 0. The highest BCUT2D eigenvalue weighted by Crippen LogP contribution is 2.10. The average Bonchev–Trinajstić information content (AvgIpc) is 2.22. The first-order valence-electron chi connectivity index (χ1n) is 5.88. The third kappa shape index (κ3) is 6.18. The maximum Gasteiger partial charge on any atom is 0.323 e. The second kappa shape index (κ2) is 6.50. The highest BCUT2D eigenvalue weighted by Gasteiger charge is 2.13. The summed E-state index contributed by atoms with van der Waals surface area (Å²) in [5.41, 5.74) is 5.53. The van der Waals surface area contributed by atoms with Crippen molar-refractivity contribution in [2.45, 2.75) is 26.3 Å². The molecule has 8 nitrogen and oxygen atoms in total. The molecule has 0 aromatic carbocycles. The fourth-order valence-electron chi connectivity index (χ4n) is 1.41. The first-order valence-corrected chi connectivity index (χ1v) is 7.95. The van der Waals surface area contributed by atoms with Gasteiger partial charge < -0.3 is 15.8 Å². The first-order chi connectivity index (χ1) is 8.80. The minimum absolute atomic E-state index is 0.0233. The number of nitrogens with zero attached hydrogens (tertiary/aromatic N) is 3. The van der Waals surface area contributed by atoms with E-state index in [1.165, 1.54) is 6.26 Å². The van der Waals surface area contributed by atoms with Crippen LogP contribution in [0.15, 0.2) is 0 Å². The molecule has 108 valence electrons. The van der Waals surface area contributed by atoms with Gasteiger partial charge in [-0.2, -0.15) is 15.0 Å². The Balaban J connectivity index is 2.74. The zero-order chi connectivity index (χ0) is 14.5. The lowest BCUT2D eigenvalue weighted by Gasteiger charge is -2.13. The smallest absolute Gasteiger partial charge is 0.323 e. The van der Waals surface area contributed by atoms with E-state index in [9.17, 15) is 8.42 Å². The van der Waals surface area contributed by atoms with Crippen LogP contribution in [-0.2, 0) is 9.84 Å². The van der Waals surface area contributed by atoms with E-state index in [2.05, 4.69) is 20.3 Å². The van der Waals surface area contributed by atoms with Crippen LogP contribution in [0.3, 0.4) is 0 Å². The molecular formula is C10H19N5O3S.